The Balaban J connectivity index is 1.53. The van der Waals surface area contributed by atoms with Gasteiger partial charge in [0.25, 0.3) is 10.0 Å². The maximum atomic E-state index is 12.3. The van der Waals surface area contributed by atoms with E-state index >= 15 is 0 Å². The van der Waals surface area contributed by atoms with Crippen molar-refractivity contribution in [3.05, 3.63) is 47.3 Å². The lowest BCUT2D eigenvalue weighted by Crippen LogP contribution is -2.36. The lowest BCUT2D eigenvalue weighted by Gasteiger charge is -2.21. The molecule has 0 radical (unpaired) electrons. The summed E-state index contributed by atoms with van der Waals surface area (Å²) in [5.41, 5.74) is 1.37. The predicted octanol–water partition coefficient (Wildman–Crippen LogP) is 4.32. The highest BCUT2D eigenvalue weighted by Crippen LogP contribution is 2.21. The first kappa shape index (κ1) is 19.9. The number of anilines is 1. The first-order valence-electron chi connectivity index (χ1n) is 9.47. The quantitative estimate of drug-likeness (QED) is 0.750. The first-order chi connectivity index (χ1) is 13.0. The molecule has 0 unspecified atom stereocenters. The molecule has 1 aromatic heterocycles. The molecule has 3 rings (SSSR count). The smallest absolute Gasteiger partial charge is 0.271 e. The topological polar surface area (TPSA) is 75.3 Å². The largest absolute Gasteiger partial charge is 0.353 e. The summed E-state index contributed by atoms with van der Waals surface area (Å²) in [5, 5.41) is 4.89. The zero-order chi connectivity index (χ0) is 19.1. The molecule has 0 saturated heterocycles. The van der Waals surface area contributed by atoms with Crippen LogP contribution in [0, 0.1) is 0 Å². The molecular weight excluding hydrogens is 380 g/mol. The van der Waals surface area contributed by atoms with Gasteiger partial charge in [0, 0.05) is 11.7 Å². The molecule has 0 aliphatic heterocycles. The molecule has 5 nitrogen and oxygen atoms in total. The van der Waals surface area contributed by atoms with Crippen LogP contribution in [0.15, 0.2) is 46.0 Å². The monoisotopic (exact) mass is 406 g/mol. The third kappa shape index (κ3) is 6.07. The number of benzene rings is 1. The Bertz CT molecular complexity index is 823. The molecule has 7 heteroatoms. The number of thiophene rings is 1. The number of hydrogen-bond acceptors (Lipinski definition) is 4. The van der Waals surface area contributed by atoms with Gasteiger partial charge in [-0.1, -0.05) is 50.3 Å². The second-order valence-corrected chi connectivity index (χ2v) is 9.88. The second kappa shape index (κ2) is 9.37. The Morgan fingerprint density at radius 3 is 2.30 bits per heavy atom. The van der Waals surface area contributed by atoms with Gasteiger partial charge in [-0.05, 0) is 42.0 Å². The van der Waals surface area contributed by atoms with Crippen LogP contribution in [0.25, 0.3) is 0 Å². The van der Waals surface area contributed by atoms with Crippen LogP contribution in [-0.2, 0) is 21.2 Å². The van der Waals surface area contributed by atoms with Crippen molar-refractivity contribution < 1.29 is 13.2 Å². The van der Waals surface area contributed by atoms with Crippen LogP contribution in [-0.4, -0.2) is 20.4 Å². The molecule has 1 aromatic carbocycles. The summed E-state index contributed by atoms with van der Waals surface area (Å²) in [6.07, 6.45) is 8.64. The Kier molecular flexibility index (Phi) is 6.90. The summed E-state index contributed by atoms with van der Waals surface area (Å²) in [7, 11) is -3.54. The number of carbonyl (C=O) groups is 1. The minimum Gasteiger partial charge on any atom is -0.353 e. The van der Waals surface area contributed by atoms with Crippen LogP contribution in [0.1, 0.15) is 50.5 Å². The molecule has 0 bridgehead atoms. The van der Waals surface area contributed by atoms with Gasteiger partial charge in [-0.15, -0.1) is 11.3 Å². The second-order valence-electron chi connectivity index (χ2n) is 7.02. The highest BCUT2D eigenvalue weighted by atomic mass is 32.2. The Morgan fingerprint density at radius 1 is 1.00 bits per heavy atom. The fraction of sp³-hybridized carbons (Fsp3) is 0.450. The summed E-state index contributed by atoms with van der Waals surface area (Å²) >= 11 is 1.18. The van der Waals surface area contributed by atoms with E-state index < -0.39 is 10.0 Å². The van der Waals surface area contributed by atoms with Gasteiger partial charge in [-0.25, -0.2) is 8.42 Å². The van der Waals surface area contributed by atoms with E-state index in [-0.39, 0.29) is 16.2 Å². The Morgan fingerprint density at radius 2 is 1.67 bits per heavy atom. The van der Waals surface area contributed by atoms with Gasteiger partial charge in [0.1, 0.15) is 4.21 Å². The predicted molar refractivity (Wildman–Crippen MR) is 110 cm³/mol. The maximum absolute atomic E-state index is 12.3. The zero-order valence-corrected chi connectivity index (χ0v) is 16.9. The van der Waals surface area contributed by atoms with Crippen molar-refractivity contribution in [1.82, 2.24) is 5.32 Å². The van der Waals surface area contributed by atoms with Crippen LogP contribution in [0.4, 0.5) is 5.69 Å². The molecule has 1 saturated carbocycles. The van der Waals surface area contributed by atoms with E-state index in [1.165, 1.54) is 43.4 Å². The van der Waals surface area contributed by atoms with Crippen LogP contribution < -0.4 is 10.0 Å². The van der Waals surface area contributed by atoms with Gasteiger partial charge in [-0.3, -0.25) is 9.52 Å². The molecular formula is C20H26N2O3S2. The van der Waals surface area contributed by atoms with Gasteiger partial charge >= 0.3 is 0 Å². The third-order valence-electron chi connectivity index (χ3n) is 4.80. The molecule has 1 amide bonds. The molecule has 2 aromatic rings. The molecule has 146 valence electrons. The van der Waals surface area contributed by atoms with Crippen molar-refractivity contribution in [3.63, 3.8) is 0 Å². The van der Waals surface area contributed by atoms with E-state index in [2.05, 4.69) is 10.0 Å². The fourth-order valence-corrected chi connectivity index (χ4v) is 5.43. The lowest BCUT2D eigenvalue weighted by atomic mass is 9.96. The van der Waals surface area contributed by atoms with E-state index in [1.807, 2.05) is 0 Å². The molecule has 1 heterocycles. The van der Waals surface area contributed by atoms with Gasteiger partial charge in [0.15, 0.2) is 0 Å². The van der Waals surface area contributed by atoms with Gasteiger partial charge in [0.2, 0.25) is 5.91 Å². The van der Waals surface area contributed by atoms with E-state index in [4.69, 9.17) is 0 Å². The molecule has 0 spiro atoms. The summed E-state index contributed by atoms with van der Waals surface area (Å²) < 4.78 is 27.3. The fourth-order valence-electron chi connectivity index (χ4n) is 3.38. The van der Waals surface area contributed by atoms with Crippen LogP contribution in [0.2, 0.25) is 0 Å². The average molecular weight is 407 g/mol. The zero-order valence-electron chi connectivity index (χ0n) is 15.3. The minimum atomic E-state index is -3.54. The number of nitrogens with one attached hydrogen (secondary N) is 2. The lowest BCUT2D eigenvalue weighted by molar-refractivity contribution is -0.121. The van der Waals surface area contributed by atoms with Gasteiger partial charge in [0.05, 0.1) is 6.42 Å². The van der Waals surface area contributed by atoms with Crippen LogP contribution in [0.5, 0.6) is 0 Å². The highest BCUT2D eigenvalue weighted by Gasteiger charge is 2.16. The third-order valence-corrected chi connectivity index (χ3v) is 7.58. The minimum absolute atomic E-state index is 0.0347. The van der Waals surface area contributed by atoms with Crippen molar-refractivity contribution in [1.29, 1.82) is 0 Å². The number of amides is 1. The van der Waals surface area contributed by atoms with Crippen molar-refractivity contribution in [2.75, 3.05) is 4.72 Å². The Labute approximate surface area is 165 Å². The van der Waals surface area contributed by atoms with Crippen LogP contribution >= 0.6 is 11.3 Å². The molecule has 1 fully saturated rings. The van der Waals surface area contributed by atoms with Gasteiger partial charge < -0.3 is 5.32 Å². The van der Waals surface area contributed by atoms with Crippen molar-refractivity contribution >= 4 is 33.0 Å². The molecule has 1 aliphatic carbocycles. The number of rotatable bonds is 6. The number of sulfonamides is 1. The molecule has 1 aliphatic rings. The standard InChI is InChI=1S/C20H26N2O3S2/c23-19(21-17-7-4-2-1-3-5-8-17)15-16-10-12-18(13-11-16)22-27(24,25)20-9-6-14-26-20/h6,9-14,17,22H,1-5,7-8,15H2,(H,21,23). The van der Waals surface area contributed by atoms with Gasteiger partial charge in [-0.2, -0.15) is 0 Å². The van der Waals surface area contributed by atoms with E-state index in [0.717, 1.165) is 18.4 Å². The van der Waals surface area contributed by atoms with Crippen molar-refractivity contribution in [2.24, 2.45) is 0 Å². The Hall–Kier alpha value is -1.86. The summed E-state index contributed by atoms with van der Waals surface area (Å²) in [6.45, 7) is 0. The molecule has 27 heavy (non-hydrogen) atoms. The van der Waals surface area contributed by atoms with E-state index in [0.29, 0.717) is 12.1 Å². The van der Waals surface area contributed by atoms with E-state index in [9.17, 15) is 13.2 Å². The normalized spacial score (nSPS) is 16.3. The summed E-state index contributed by atoms with van der Waals surface area (Å²) in [6, 6.07) is 10.5. The summed E-state index contributed by atoms with van der Waals surface area (Å²) in [4.78, 5) is 12.3. The van der Waals surface area contributed by atoms with E-state index in [1.54, 1.807) is 41.8 Å². The SMILES string of the molecule is O=C(Cc1ccc(NS(=O)(=O)c2cccs2)cc1)NC1CCCCCCC1. The number of carbonyl (C=O) groups excluding carboxylic acids is 1. The number of hydrogen-bond donors (Lipinski definition) is 2. The molecule has 0 atom stereocenters. The van der Waals surface area contributed by atoms with Crippen molar-refractivity contribution in [2.45, 2.75) is 61.6 Å². The summed E-state index contributed by atoms with van der Waals surface area (Å²) in [5.74, 6) is 0.0347. The average Bonchev–Trinajstić information content (AvgIpc) is 3.14. The first-order valence-corrected chi connectivity index (χ1v) is 11.8. The highest BCUT2D eigenvalue weighted by molar-refractivity contribution is 7.94. The van der Waals surface area contributed by atoms with Crippen LogP contribution in [0.3, 0.4) is 0 Å². The molecule has 2 N–H and O–H groups in total. The maximum Gasteiger partial charge on any atom is 0.271 e. The van der Waals surface area contributed by atoms with Crippen molar-refractivity contribution in [3.8, 4) is 0 Å².